The molecule has 0 spiro atoms. The molecule has 2 aromatic carbocycles. The molecule has 2 atom stereocenters. The molecule has 174 valence electrons. The molecule has 0 aromatic heterocycles. The zero-order chi connectivity index (χ0) is 23.7. The number of phenolic OH excluding ortho intramolecular Hbond substituents is 2. The monoisotopic (exact) mass is 442 g/mol. The fraction of sp³-hybridized carbons (Fsp3) is 0.417. The van der Waals surface area contributed by atoms with Crippen LogP contribution in [0.25, 0.3) is 0 Å². The lowest BCUT2D eigenvalue weighted by Crippen LogP contribution is -2.43. The smallest absolute Gasteiger partial charge is 0.237 e. The van der Waals surface area contributed by atoms with Crippen molar-refractivity contribution >= 4 is 11.8 Å². The molecule has 2 amide bonds. The van der Waals surface area contributed by atoms with Crippen molar-refractivity contribution in [3.8, 4) is 11.5 Å². The van der Waals surface area contributed by atoms with E-state index in [0.717, 1.165) is 22.3 Å². The second kappa shape index (κ2) is 12.1. The summed E-state index contributed by atoms with van der Waals surface area (Å²) >= 11 is 0. The average molecular weight is 443 g/mol. The molecule has 0 aliphatic heterocycles. The van der Waals surface area contributed by atoms with E-state index >= 15 is 0 Å². The second-order valence-corrected chi connectivity index (χ2v) is 8.13. The molecule has 0 bridgehead atoms. The fourth-order valence-electron chi connectivity index (χ4n) is 3.52. The fourth-order valence-corrected chi connectivity index (χ4v) is 3.52. The highest BCUT2D eigenvalue weighted by molar-refractivity contribution is 5.82. The highest BCUT2D eigenvalue weighted by atomic mass is 16.3. The van der Waals surface area contributed by atoms with E-state index in [1.807, 2.05) is 13.8 Å². The van der Waals surface area contributed by atoms with Gasteiger partial charge in [0.2, 0.25) is 11.8 Å². The first-order chi connectivity index (χ1) is 15.2. The maximum absolute atomic E-state index is 12.3. The summed E-state index contributed by atoms with van der Waals surface area (Å²) in [5.41, 5.74) is 15.6. The van der Waals surface area contributed by atoms with Crippen LogP contribution in [-0.4, -0.2) is 47.2 Å². The van der Waals surface area contributed by atoms with Crippen molar-refractivity contribution in [1.29, 1.82) is 0 Å². The molecule has 0 fully saturated rings. The van der Waals surface area contributed by atoms with Gasteiger partial charge in [-0.15, -0.1) is 0 Å². The lowest BCUT2D eigenvalue weighted by Gasteiger charge is -2.16. The van der Waals surface area contributed by atoms with Gasteiger partial charge in [0, 0.05) is 13.1 Å². The summed E-state index contributed by atoms with van der Waals surface area (Å²) in [6, 6.07) is 8.59. The number of hydrogen-bond donors (Lipinski definition) is 6. The van der Waals surface area contributed by atoms with Crippen molar-refractivity contribution in [3.63, 3.8) is 0 Å². The highest BCUT2D eigenvalue weighted by Crippen LogP contribution is 2.21. The Balaban J connectivity index is 1.63. The maximum Gasteiger partial charge on any atom is 0.237 e. The lowest BCUT2D eigenvalue weighted by atomic mass is 9.96. The number of carbonyl (C=O) groups is 2. The van der Waals surface area contributed by atoms with E-state index in [4.69, 9.17) is 11.5 Å². The molecular formula is C24H34N4O4. The predicted molar refractivity (Wildman–Crippen MR) is 124 cm³/mol. The third-order valence-corrected chi connectivity index (χ3v) is 5.37. The number of nitrogens with one attached hydrogen (secondary N) is 2. The van der Waals surface area contributed by atoms with Crippen molar-refractivity contribution in [2.75, 3.05) is 13.1 Å². The Labute approximate surface area is 189 Å². The van der Waals surface area contributed by atoms with Gasteiger partial charge in [-0.25, -0.2) is 0 Å². The topological polar surface area (TPSA) is 151 Å². The first-order valence-electron chi connectivity index (χ1n) is 10.8. The lowest BCUT2D eigenvalue weighted by molar-refractivity contribution is -0.123. The minimum Gasteiger partial charge on any atom is -0.508 e. The highest BCUT2D eigenvalue weighted by Gasteiger charge is 2.17. The van der Waals surface area contributed by atoms with Gasteiger partial charge in [0.05, 0.1) is 12.1 Å². The molecule has 8 heteroatoms. The molecular weight excluding hydrogens is 408 g/mol. The second-order valence-electron chi connectivity index (χ2n) is 8.13. The number of hydrogen-bond acceptors (Lipinski definition) is 6. The number of carbonyl (C=O) groups excluding carboxylic acids is 2. The third kappa shape index (κ3) is 7.86. The van der Waals surface area contributed by atoms with Crippen LogP contribution < -0.4 is 22.1 Å². The normalized spacial score (nSPS) is 12.8. The standard InChI is InChI=1S/C24H34N4O4/c1-15-11-19(30)12-16(2)20(15)14-22(26)24(32)28-10-4-3-9-27-23(31)21(25)13-17-5-7-18(29)8-6-17/h5-8,11-12,21-22,29-30H,3-4,9-10,13-14,25-26H2,1-2H3,(H,27,31)(H,28,32)/t21-,22-/m0/s1. The quantitative estimate of drug-likeness (QED) is 0.288. The number of amides is 2. The molecule has 2 aromatic rings. The van der Waals surface area contributed by atoms with Crippen LogP contribution in [0.4, 0.5) is 0 Å². The van der Waals surface area contributed by atoms with Gasteiger partial charge in [0.1, 0.15) is 11.5 Å². The maximum atomic E-state index is 12.3. The van der Waals surface area contributed by atoms with Crippen molar-refractivity contribution < 1.29 is 19.8 Å². The number of nitrogens with two attached hydrogens (primary N) is 2. The largest absolute Gasteiger partial charge is 0.508 e. The Morgan fingerprint density at radius 2 is 1.28 bits per heavy atom. The number of rotatable bonds is 11. The SMILES string of the molecule is Cc1cc(O)cc(C)c1C[C@H](N)C(=O)NCCCCNC(=O)[C@@H](N)Cc1ccc(O)cc1. The summed E-state index contributed by atoms with van der Waals surface area (Å²) in [6.45, 7) is 4.71. The molecule has 0 aliphatic rings. The van der Waals surface area contributed by atoms with Crippen LogP contribution in [-0.2, 0) is 22.4 Å². The van der Waals surface area contributed by atoms with Crippen LogP contribution in [0.2, 0.25) is 0 Å². The van der Waals surface area contributed by atoms with Gasteiger partial charge in [-0.3, -0.25) is 9.59 Å². The molecule has 8 nitrogen and oxygen atoms in total. The zero-order valence-corrected chi connectivity index (χ0v) is 18.7. The number of unbranched alkanes of at least 4 members (excludes halogenated alkanes) is 1. The number of aryl methyl sites for hydroxylation is 2. The predicted octanol–water partition coefficient (Wildman–Crippen LogP) is 1.17. The first kappa shape index (κ1) is 25.2. The van der Waals surface area contributed by atoms with E-state index < -0.39 is 12.1 Å². The summed E-state index contributed by atoms with van der Waals surface area (Å²) in [4.78, 5) is 24.4. The van der Waals surface area contributed by atoms with Gasteiger partial charge < -0.3 is 32.3 Å². The van der Waals surface area contributed by atoms with Crippen LogP contribution >= 0.6 is 0 Å². The van der Waals surface area contributed by atoms with Crippen LogP contribution in [0.5, 0.6) is 11.5 Å². The van der Waals surface area contributed by atoms with E-state index in [1.54, 1.807) is 36.4 Å². The van der Waals surface area contributed by atoms with Crippen LogP contribution in [0, 0.1) is 13.8 Å². The molecule has 8 N–H and O–H groups in total. The van der Waals surface area contributed by atoms with Crippen molar-refractivity contribution in [1.82, 2.24) is 10.6 Å². The van der Waals surface area contributed by atoms with Gasteiger partial charge in [-0.1, -0.05) is 12.1 Å². The van der Waals surface area contributed by atoms with E-state index in [-0.39, 0.29) is 23.3 Å². The van der Waals surface area contributed by atoms with Gasteiger partial charge in [-0.2, -0.15) is 0 Å². The Hall–Kier alpha value is -3.10. The first-order valence-corrected chi connectivity index (χ1v) is 10.8. The number of phenols is 2. The summed E-state index contributed by atoms with van der Waals surface area (Å²) in [5.74, 6) is -0.0822. The van der Waals surface area contributed by atoms with E-state index in [0.29, 0.717) is 38.8 Å². The summed E-state index contributed by atoms with van der Waals surface area (Å²) < 4.78 is 0. The molecule has 0 radical (unpaired) electrons. The summed E-state index contributed by atoms with van der Waals surface area (Å²) in [6.07, 6.45) is 2.19. The zero-order valence-electron chi connectivity index (χ0n) is 18.7. The number of aromatic hydroxyl groups is 2. The van der Waals surface area contributed by atoms with Gasteiger partial charge in [0.15, 0.2) is 0 Å². The molecule has 0 saturated heterocycles. The van der Waals surface area contributed by atoms with E-state index in [2.05, 4.69) is 10.6 Å². The number of benzene rings is 2. The van der Waals surface area contributed by atoms with Crippen molar-refractivity contribution in [2.24, 2.45) is 11.5 Å². The molecule has 2 rings (SSSR count). The molecule has 0 aliphatic carbocycles. The van der Waals surface area contributed by atoms with E-state index in [9.17, 15) is 19.8 Å². The molecule has 32 heavy (non-hydrogen) atoms. The molecule has 0 saturated carbocycles. The minimum absolute atomic E-state index is 0.172. The van der Waals surface area contributed by atoms with Crippen molar-refractivity contribution in [3.05, 3.63) is 58.7 Å². The Morgan fingerprint density at radius 1 is 0.812 bits per heavy atom. The Morgan fingerprint density at radius 3 is 1.78 bits per heavy atom. The molecule has 0 unspecified atom stereocenters. The third-order valence-electron chi connectivity index (χ3n) is 5.37. The van der Waals surface area contributed by atoms with Gasteiger partial charge in [-0.05, 0) is 86.1 Å². The van der Waals surface area contributed by atoms with Gasteiger partial charge in [0.25, 0.3) is 0 Å². The Kier molecular flexibility index (Phi) is 9.49. The van der Waals surface area contributed by atoms with Crippen LogP contribution in [0.3, 0.4) is 0 Å². The summed E-state index contributed by atoms with van der Waals surface area (Å²) in [7, 11) is 0. The molecule has 0 heterocycles. The van der Waals surface area contributed by atoms with Gasteiger partial charge >= 0.3 is 0 Å². The summed E-state index contributed by atoms with van der Waals surface area (Å²) in [5, 5.41) is 24.6. The van der Waals surface area contributed by atoms with Crippen LogP contribution in [0.1, 0.15) is 35.1 Å². The van der Waals surface area contributed by atoms with Crippen molar-refractivity contribution in [2.45, 2.75) is 51.6 Å². The van der Waals surface area contributed by atoms with Crippen LogP contribution in [0.15, 0.2) is 36.4 Å². The minimum atomic E-state index is -0.672. The average Bonchev–Trinajstić information content (AvgIpc) is 2.74. The van der Waals surface area contributed by atoms with E-state index in [1.165, 1.54) is 0 Å². The Bertz CT molecular complexity index is 892.